The molecule has 0 radical (unpaired) electrons. The molecule has 11 aromatic rings. The molecule has 0 fully saturated rings. The Morgan fingerprint density at radius 1 is 0.357 bits per heavy atom. The molecule has 0 unspecified atom stereocenters. The molecule has 0 saturated carbocycles. The Labute approximate surface area is 326 Å². The van der Waals surface area contributed by atoms with Gasteiger partial charge in [0.2, 0.25) is 5.89 Å². The van der Waals surface area contributed by atoms with Crippen LogP contribution in [0.1, 0.15) is 0 Å². The maximum Gasteiger partial charge on any atom is 0.227 e. The molecular formula is C50H30N4OS. The summed E-state index contributed by atoms with van der Waals surface area (Å²) in [4.78, 5) is 20.3. The van der Waals surface area contributed by atoms with Crippen molar-refractivity contribution in [1.82, 2.24) is 19.9 Å². The third-order valence-corrected chi connectivity index (χ3v) is 11.5. The molecule has 6 heteroatoms. The van der Waals surface area contributed by atoms with Crippen molar-refractivity contribution in [1.29, 1.82) is 0 Å². The molecule has 0 amide bonds. The Hall–Kier alpha value is -7.28. The highest BCUT2D eigenvalue weighted by atomic mass is 32.1. The van der Waals surface area contributed by atoms with E-state index >= 15 is 0 Å². The van der Waals surface area contributed by atoms with Crippen LogP contribution in [0.4, 0.5) is 0 Å². The summed E-state index contributed by atoms with van der Waals surface area (Å²) in [5.74, 6) is 2.48. The van der Waals surface area contributed by atoms with E-state index in [2.05, 4.69) is 109 Å². The number of hydrogen-bond acceptors (Lipinski definition) is 6. The second-order valence-electron chi connectivity index (χ2n) is 13.8. The maximum absolute atomic E-state index is 6.32. The highest BCUT2D eigenvalue weighted by molar-refractivity contribution is 7.26. The second kappa shape index (κ2) is 13.2. The van der Waals surface area contributed by atoms with Crippen molar-refractivity contribution in [3.8, 4) is 67.9 Å². The lowest BCUT2D eigenvalue weighted by atomic mass is 9.98. The monoisotopic (exact) mass is 734 g/mol. The molecule has 0 atom stereocenters. The highest BCUT2D eigenvalue weighted by Crippen LogP contribution is 2.43. The molecule has 3 heterocycles. The van der Waals surface area contributed by atoms with Crippen molar-refractivity contribution in [3.63, 3.8) is 0 Å². The van der Waals surface area contributed by atoms with E-state index < -0.39 is 0 Å². The predicted octanol–water partition coefficient (Wildman–Crippen LogP) is 13.5. The Balaban J connectivity index is 1.04. The molecule has 0 aliphatic rings. The average Bonchev–Trinajstić information content (AvgIpc) is 3.89. The fraction of sp³-hybridized carbons (Fsp3) is 0. The minimum absolute atomic E-state index is 0.616. The van der Waals surface area contributed by atoms with E-state index in [0.29, 0.717) is 23.4 Å². The van der Waals surface area contributed by atoms with E-state index in [9.17, 15) is 0 Å². The predicted molar refractivity (Wildman–Crippen MR) is 230 cm³/mol. The molecule has 0 saturated heterocycles. The van der Waals surface area contributed by atoms with Gasteiger partial charge in [0.05, 0.1) is 0 Å². The number of benzene rings is 8. The molecule has 8 aromatic carbocycles. The zero-order chi connectivity index (χ0) is 37.0. The van der Waals surface area contributed by atoms with E-state index in [-0.39, 0.29) is 0 Å². The number of hydrogen-bond donors (Lipinski definition) is 0. The molecule has 3 aromatic heterocycles. The Morgan fingerprint density at radius 3 is 1.55 bits per heavy atom. The fourth-order valence-corrected chi connectivity index (χ4v) is 8.70. The first-order chi connectivity index (χ1) is 27.7. The van der Waals surface area contributed by atoms with E-state index in [1.54, 1.807) is 11.3 Å². The van der Waals surface area contributed by atoms with Crippen molar-refractivity contribution >= 4 is 53.4 Å². The zero-order valence-corrected chi connectivity index (χ0v) is 30.7. The number of nitrogens with zero attached hydrogens (tertiary/aromatic N) is 4. The quantitative estimate of drug-likeness (QED) is 0.170. The lowest BCUT2D eigenvalue weighted by Gasteiger charge is -2.10. The Morgan fingerprint density at radius 2 is 0.857 bits per heavy atom. The van der Waals surface area contributed by atoms with E-state index in [1.807, 2.05) is 72.8 Å². The van der Waals surface area contributed by atoms with Crippen LogP contribution in [-0.2, 0) is 0 Å². The van der Waals surface area contributed by atoms with Crippen LogP contribution in [0.25, 0.3) is 110 Å². The normalized spacial score (nSPS) is 11.6. The van der Waals surface area contributed by atoms with Crippen LogP contribution < -0.4 is 0 Å². The molecule has 5 nitrogen and oxygen atoms in total. The van der Waals surface area contributed by atoms with Crippen LogP contribution in [0, 0.1) is 0 Å². The van der Waals surface area contributed by atoms with Gasteiger partial charge in [-0.1, -0.05) is 140 Å². The number of rotatable bonds is 6. The fourth-order valence-electron chi connectivity index (χ4n) is 7.58. The van der Waals surface area contributed by atoms with Crippen molar-refractivity contribution in [2.45, 2.75) is 0 Å². The molecule has 0 N–H and O–H groups in total. The summed E-state index contributed by atoms with van der Waals surface area (Å²) in [6, 6.07) is 62.9. The Bertz CT molecular complexity index is 3230. The van der Waals surface area contributed by atoms with Gasteiger partial charge in [0.1, 0.15) is 5.52 Å². The molecular weight excluding hydrogens is 705 g/mol. The third-order valence-electron chi connectivity index (χ3n) is 10.4. The van der Waals surface area contributed by atoms with Gasteiger partial charge in [-0.2, -0.15) is 0 Å². The van der Waals surface area contributed by atoms with E-state index in [0.717, 1.165) is 66.0 Å². The minimum atomic E-state index is 0.616. The number of oxazole rings is 1. The van der Waals surface area contributed by atoms with Gasteiger partial charge in [-0.3, -0.25) is 0 Å². The molecule has 11 rings (SSSR count). The summed E-state index contributed by atoms with van der Waals surface area (Å²) in [6.07, 6.45) is 0. The van der Waals surface area contributed by atoms with Gasteiger partial charge in [-0.05, 0) is 75.5 Å². The second-order valence-corrected chi connectivity index (χ2v) is 14.9. The lowest BCUT2D eigenvalue weighted by molar-refractivity contribution is 0.620. The SMILES string of the molecule is c1ccc(-c2cccc(-c3ccc(-c4nc(-c5ccccc5)nc(-c5ccc6ccc7sc8ccc9oc(-c%10ccccc%10)nc9c8c7c6c5)n4)cc3)c2)cc1. The summed E-state index contributed by atoms with van der Waals surface area (Å²) in [7, 11) is 0. The van der Waals surface area contributed by atoms with Crippen molar-refractivity contribution < 1.29 is 4.42 Å². The third kappa shape index (κ3) is 5.63. The van der Waals surface area contributed by atoms with E-state index in [4.69, 9.17) is 24.4 Å². The zero-order valence-electron chi connectivity index (χ0n) is 29.9. The van der Waals surface area contributed by atoms with Crippen molar-refractivity contribution in [2.24, 2.45) is 0 Å². The summed E-state index contributed by atoms with van der Waals surface area (Å²) in [5.41, 5.74) is 10.0. The van der Waals surface area contributed by atoms with E-state index in [1.165, 1.54) is 20.5 Å². The Kier molecular flexibility index (Phi) is 7.60. The van der Waals surface area contributed by atoms with Gasteiger partial charge in [0.25, 0.3) is 0 Å². The van der Waals surface area contributed by atoms with Gasteiger partial charge in [0.15, 0.2) is 23.1 Å². The first kappa shape index (κ1) is 32.2. The van der Waals surface area contributed by atoms with Crippen LogP contribution in [0.3, 0.4) is 0 Å². The summed E-state index contributed by atoms with van der Waals surface area (Å²) >= 11 is 1.77. The first-order valence-electron chi connectivity index (χ1n) is 18.5. The number of aromatic nitrogens is 4. The largest absolute Gasteiger partial charge is 0.436 e. The van der Waals surface area contributed by atoms with Crippen LogP contribution in [0.2, 0.25) is 0 Å². The summed E-state index contributed by atoms with van der Waals surface area (Å²) < 4.78 is 8.68. The van der Waals surface area contributed by atoms with Gasteiger partial charge in [-0.15, -0.1) is 11.3 Å². The standard InChI is InChI=1S/C50H30N4OS/c1-4-11-31(12-5-1)37-17-10-18-38(29-37)32-19-22-35(23-20-32)48-52-47(34-13-6-2-7-14-34)53-49(54-48)39-24-21-33-25-27-42-44(40(33)30-39)45-43(56-42)28-26-41-46(45)51-50(55-41)36-15-8-3-9-16-36/h1-30H. The van der Waals surface area contributed by atoms with Gasteiger partial charge in [0, 0.05) is 42.4 Å². The maximum atomic E-state index is 6.32. The first-order valence-corrected chi connectivity index (χ1v) is 19.4. The molecule has 56 heavy (non-hydrogen) atoms. The molecule has 0 aliphatic carbocycles. The molecule has 262 valence electrons. The summed E-state index contributed by atoms with van der Waals surface area (Å²) in [6.45, 7) is 0. The van der Waals surface area contributed by atoms with Gasteiger partial charge in [-0.25, -0.2) is 19.9 Å². The number of fused-ring (bicyclic) bond motifs is 7. The van der Waals surface area contributed by atoms with Crippen molar-refractivity contribution in [3.05, 3.63) is 182 Å². The molecule has 0 aliphatic heterocycles. The summed E-state index contributed by atoms with van der Waals surface area (Å²) in [5, 5.41) is 4.52. The number of thiophene rings is 1. The van der Waals surface area contributed by atoms with Crippen LogP contribution in [0.5, 0.6) is 0 Å². The minimum Gasteiger partial charge on any atom is -0.436 e. The smallest absolute Gasteiger partial charge is 0.227 e. The van der Waals surface area contributed by atoms with Crippen LogP contribution in [-0.4, -0.2) is 19.9 Å². The lowest BCUT2D eigenvalue weighted by Crippen LogP contribution is -2.00. The molecule has 0 bridgehead atoms. The highest BCUT2D eigenvalue weighted by Gasteiger charge is 2.19. The van der Waals surface area contributed by atoms with Gasteiger partial charge >= 0.3 is 0 Å². The molecule has 0 spiro atoms. The topological polar surface area (TPSA) is 64.7 Å². The average molecular weight is 735 g/mol. The van der Waals surface area contributed by atoms with Crippen LogP contribution >= 0.6 is 11.3 Å². The van der Waals surface area contributed by atoms with Gasteiger partial charge < -0.3 is 4.42 Å². The van der Waals surface area contributed by atoms with Crippen LogP contribution in [0.15, 0.2) is 186 Å². The van der Waals surface area contributed by atoms with Crippen molar-refractivity contribution in [2.75, 3.05) is 0 Å².